The van der Waals surface area contributed by atoms with Crippen LogP contribution < -0.4 is 4.74 Å². The second kappa shape index (κ2) is 6.56. The molecule has 0 aromatic heterocycles. The highest BCUT2D eigenvalue weighted by atomic mass is 32.8. The fourth-order valence-electron chi connectivity index (χ4n) is 2.26. The lowest BCUT2D eigenvalue weighted by atomic mass is 10.0. The predicted molar refractivity (Wildman–Crippen MR) is 88.0 cm³/mol. The largest absolute Gasteiger partial charge is 0.497 e. The molecule has 0 saturated carbocycles. The van der Waals surface area contributed by atoms with Crippen LogP contribution in [0.4, 0.5) is 0 Å². The lowest BCUT2D eigenvalue weighted by Crippen LogP contribution is -2.04. The smallest absolute Gasteiger partial charge is 0.171 e. The summed E-state index contributed by atoms with van der Waals surface area (Å²) in [6, 6.07) is 13.2. The quantitative estimate of drug-likeness (QED) is 0.917. The number of methoxy groups -OCH3 is 1. The molecule has 2 aromatic rings. The molecule has 1 atom stereocenters. The summed E-state index contributed by atoms with van der Waals surface area (Å²) in [7, 11) is -1.72. The number of hydrogen-bond donors (Lipinski definition) is 1. The van der Waals surface area contributed by atoms with Crippen LogP contribution in [0, 0.1) is 6.92 Å². The van der Waals surface area contributed by atoms with Gasteiger partial charge in [-0.25, -0.2) is 4.21 Å². The van der Waals surface area contributed by atoms with E-state index in [2.05, 4.69) is 0 Å². The van der Waals surface area contributed by atoms with Crippen molar-refractivity contribution in [2.24, 2.45) is 0 Å². The summed E-state index contributed by atoms with van der Waals surface area (Å²) in [5.41, 5.74) is 3.01. The van der Waals surface area contributed by atoms with Crippen molar-refractivity contribution >= 4 is 20.0 Å². The molecule has 0 bridgehead atoms. The summed E-state index contributed by atoms with van der Waals surface area (Å²) in [6.45, 7) is 1.96. The molecule has 112 valence electrons. The third kappa shape index (κ3) is 4.27. The second-order valence-corrected chi connectivity index (χ2v) is 7.68. The van der Waals surface area contributed by atoms with E-state index >= 15 is 0 Å². The van der Waals surface area contributed by atoms with Crippen LogP contribution in [0.5, 0.6) is 5.75 Å². The fraction of sp³-hybridized carbons (Fsp3) is 0.250. The molecule has 0 amide bonds. The van der Waals surface area contributed by atoms with Crippen LogP contribution in [0.3, 0.4) is 0 Å². The van der Waals surface area contributed by atoms with E-state index in [0.717, 1.165) is 28.9 Å². The van der Waals surface area contributed by atoms with Gasteiger partial charge < -0.3 is 9.29 Å². The first-order chi connectivity index (χ1) is 9.90. The summed E-state index contributed by atoms with van der Waals surface area (Å²) in [5.74, 6) is 0.811. The van der Waals surface area contributed by atoms with Gasteiger partial charge in [0.05, 0.1) is 12.0 Å². The normalized spacial score (nSPS) is 13.7. The lowest BCUT2D eigenvalue weighted by molar-refractivity contribution is 0.414. The minimum atomic E-state index is -3.36. The first kappa shape index (κ1) is 15.9. The molecule has 0 aliphatic rings. The zero-order valence-electron chi connectivity index (χ0n) is 12.0. The van der Waals surface area contributed by atoms with E-state index in [1.54, 1.807) is 13.2 Å². The van der Waals surface area contributed by atoms with Crippen LogP contribution in [-0.2, 0) is 32.8 Å². The standard InChI is InChI=1S/C16H18O3S2/c1-12-6-9-16(21(17,18)20)14(10-12)8-7-13-4-3-5-15(11-13)19-2/h3-6,9-11H,7-8H2,1-2H3,(H,17,18,20). The van der Waals surface area contributed by atoms with Crippen LogP contribution in [0.1, 0.15) is 16.7 Å². The fourth-order valence-corrected chi connectivity index (χ4v) is 3.48. The second-order valence-electron chi connectivity index (χ2n) is 4.94. The zero-order chi connectivity index (χ0) is 15.5. The number of hydrogen-bond acceptors (Lipinski definition) is 3. The molecular formula is C16H18O3S2. The van der Waals surface area contributed by atoms with E-state index in [0.29, 0.717) is 11.3 Å². The van der Waals surface area contributed by atoms with Gasteiger partial charge in [0.25, 0.3) is 0 Å². The van der Waals surface area contributed by atoms with Gasteiger partial charge in [-0.1, -0.05) is 29.8 Å². The van der Waals surface area contributed by atoms with Crippen LogP contribution >= 0.6 is 0 Å². The van der Waals surface area contributed by atoms with Crippen LogP contribution in [0.25, 0.3) is 0 Å². The number of benzene rings is 2. The van der Waals surface area contributed by atoms with Gasteiger partial charge >= 0.3 is 0 Å². The molecule has 0 radical (unpaired) electrons. The molecular weight excluding hydrogens is 304 g/mol. The molecule has 5 heteroatoms. The number of aryl methyl sites for hydroxylation is 3. The van der Waals surface area contributed by atoms with E-state index in [-0.39, 0.29) is 0 Å². The summed E-state index contributed by atoms with van der Waals surface area (Å²) in [5, 5.41) is 0. The van der Waals surface area contributed by atoms with Crippen molar-refractivity contribution in [1.82, 2.24) is 0 Å². The molecule has 2 aromatic carbocycles. The molecule has 0 aliphatic heterocycles. The van der Waals surface area contributed by atoms with E-state index in [1.165, 1.54) is 0 Å². The monoisotopic (exact) mass is 322 g/mol. The predicted octanol–water partition coefficient (Wildman–Crippen LogP) is 3.37. The third-order valence-corrected chi connectivity index (χ3v) is 4.80. The summed E-state index contributed by atoms with van der Waals surface area (Å²) in [4.78, 5) is 0.353. The third-order valence-electron chi connectivity index (χ3n) is 3.31. The van der Waals surface area contributed by atoms with Gasteiger partial charge in [-0.2, -0.15) is 0 Å². The minimum absolute atomic E-state index is 0.353. The topological polar surface area (TPSA) is 46.5 Å². The Kier molecular flexibility index (Phi) is 4.98. The SMILES string of the molecule is COc1cccc(CCc2cc(C)ccc2S(=O)(O)=S)c1. The van der Waals surface area contributed by atoms with Gasteiger partial charge in [0.1, 0.15) is 5.75 Å². The lowest BCUT2D eigenvalue weighted by Gasteiger charge is -2.10. The van der Waals surface area contributed by atoms with Crippen LogP contribution in [0.15, 0.2) is 47.4 Å². The van der Waals surface area contributed by atoms with Crippen molar-refractivity contribution in [3.05, 3.63) is 59.2 Å². The molecule has 0 fully saturated rings. The summed E-state index contributed by atoms with van der Waals surface area (Å²) >= 11 is 4.72. The highest BCUT2D eigenvalue weighted by molar-refractivity contribution is 8.29. The molecule has 0 aliphatic carbocycles. The molecule has 3 nitrogen and oxygen atoms in total. The van der Waals surface area contributed by atoms with E-state index in [9.17, 15) is 8.76 Å². The first-order valence-electron chi connectivity index (χ1n) is 6.60. The Balaban J connectivity index is 2.25. The molecule has 1 N–H and O–H groups in total. The van der Waals surface area contributed by atoms with E-state index < -0.39 is 8.77 Å². The van der Waals surface area contributed by atoms with Crippen molar-refractivity contribution in [1.29, 1.82) is 0 Å². The Hall–Kier alpha value is -1.43. The number of rotatable bonds is 5. The van der Waals surface area contributed by atoms with Gasteiger partial charge in [0.15, 0.2) is 8.77 Å². The van der Waals surface area contributed by atoms with Crippen LogP contribution in [0.2, 0.25) is 0 Å². The van der Waals surface area contributed by atoms with Crippen molar-refractivity contribution in [3.63, 3.8) is 0 Å². The average molecular weight is 322 g/mol. The van der Waals surface area contributed by atoms with Gasteiger partial charge in [0.2, 0.25) is 0 Å². The van der Waals surface area contributed by atoms with Gasteiger partial charge in [-0.3, -0.25) is 0 Å². The van der Waals surface area contributed by atoms with Crippen molar-refractivity contribution in [2.45, 2.75) is 24.7 Å². The first-order valence-corrected chi connectivity index (χ1v) is 9.04. The van der Waals surface area contributed by atoms with Gasteiger partial charge in [-0.05, 0) is 49.1 Å². The molecule has 2 rings (SSSR count). The maximum Gasteiger partial charge on any atom is 0.171 e. The average Bonchev–Trinajstić information content (AvgIpc) is 2.44. The Labute approximate surface area is 130 Å². The Morgan fingerprint density at radius 1 is 1.19 bits per heavy atom. The minimum Gasteiger partial charge on any atom is -0.497 e. The number of ether oxygens (including phenoxy) is 1. The van der Waals surface area contributed by atoms with Gasteiger partial charge in [-0.15, -0.1) is 0 Å². The Bertz CT molecular complexity index is 737. The molecule has 21 heavy (non-hydrogen) atoms. The van der Waals surface area contributed by atoms with Crippen molar-refractivity contribution in [3.8, 4) is 5.75 Å². The highest BCUT2D eigenvalue weighted by Crippen LogP contribution is 2.21. The highest BCUT2D eigenvalue weighted by Gasteiger charge is 2.12. The van der Waals surface area contributed by atoms with E-state index in [4.69, 9.17) is 15.9 Å². The molecule has 0 saturated heterocycles. The van der Waals surface area contributed by atoms with Crippen molar-refractivity contribution in [2.75, 3.05) is 7.11 Å². The summed E-state index contributed by atoms with van der Waals surface area (Å²) < 4.78 is 26.6. The Morgan fingerprint density at radius 2 is 1.95 bits per heavy atom. The van der Waals surface area contributed by atoms with Crippen LogP contribution in [-0.4, -0.2) is 15.9 Å². The van der Waals surface area contributed by atoms with E-state index in [1.807, 2.05) is 43.3 Å². The molecule has 0 spiro atoms. The molecule has 0 heterocycles. The molecule has 1 unspecified atom stereocenters. The summed E-state index contributed by atoms with van der Waals surface area (Å²) in [6.07, 6.45) is 1.43. The Morgan fingerprint density at radius 3 is 2.62 bits per heavy atom. The maximum absolute atomic E-state index is 11.8. The van der Waals surface area contributed by atoms with Gasteiger partial charge in [0, 0.05) is 11.2 Å². The van der Waals surface area contributed by atoms with Crippen molar-refractivity contribution < 1.29 is 13.5 Å². The maximum atomic E-state index is 11.8. The zero-order valence-corrected chi connectivity index (χ0v) is 13.7.